The van der Waals surface area contributed by atoms with E-state index in [0.717, 1.165) is 30.4 Å². The van der Waals surface area contributed by atoms with E-state index in [4.69, 9.17) is 4.74 Å². The topological polar surface area (TPSA) is 46.5 Å². The highest BCUT2D eigenvalue weighted by Gasteiger charge is 2.20. The third-order valence-corrected chi connectivity index (χ3v) is 4.54. The highest BCUT2D eigenvalue weighted by Crippen LogP contribution is 2.34. The normalized spacial score (nSPS) is 10.6. The number of hydrogen-bond acceptors (Lipinski definition) is 3. The van der Waals surface area contributed by atoms with E-state index < -0.39 is 5.97 Å². The van der Waals surface area contributed by atoms with Crippen LogP contribution in [0.1, 0.15) is 61.4 Å². The highest BCUT2D eigenvalue weighted by molar-refractivity contribution is 6.00. The van der Waals surface area contributed by atoms with Gasteiger partial charge < -0.3 is 9.84 Å². The summed E-state index contributed by atoms with van der Waals surface area (Å²) in [5.74, 6) is -0.442. The molecule has 0 radical (unpaired) electrons. The lowest BCUT2D eigenvalue weighted by atomic mass is 9.94. The van der Waals surface area contributed by atoms with Crippen molar-refractivity contribution < 1.29 is 14.6 Å². The first-order chi connectivity index (χ1) is 12.2. The molecule has 2 aromatic carbocycles. The van der Waals surface area contributed by atoms with Gasteiger partial charge in [-0.05, 0) is 29.5 Å². The molecule has 3 nitrogen and oxygen atoms in total. The van der Waals surface area contributed by atoms with Gasteiger partial charge in [0.1, 0.15) is 11.3 Å². The zero-order chi connectivity index (χ0) is 18.1. The number of ether oxygens (including phenoxy) is 1. The number of unbranched alkanes of at least 4 members (excludes halogenated alkanes) is 5. The molecule has 2 aromatic rings. The van der Waals surface area contributed by atoms with Crippen molar-refractivity contribution in [3.8, 4) is 16.9 Å². The van der Waals surface area contributed by atoms with Crippen molar-refractivity contribution in [1.82, 2.24) is 0 Å². The van der Waals surface area contributed by atoms with Crippen LogP contribution in [-0.4, -0.2) is 18.2 Å². The molecule has 0 aromatic heterocycles. The zero-order valence-corrected chi connectivity index (χ0v) is 15.3. The third-order valence-electron chi connectivity index (χ3n) is 4.54. The van der Waals surface area contributed by atoms with Gasteiger partial charge in [-0.15, -0.1) is 0 Å². The van der Waals surface area contributed by atoms with Crippen LogP contribution >= 0.6 is 0 Å². The Kier molecular flexibility index (Phi) is 7.52. The van der Waals surface area contributed by atoms with Gasteiger partial charge in [0.2, 0.25) is 0 Å². The summed E-state index contributed by atoms with van der Waals surface area (Å²) >= 11 is 0. The molecule has 0 aliphatic heterocycles. The highest BCUT2D eigenvalue weighted by atomic mass is 16.5. The first kappa shape index (κ1) is 19.0. The van der Waals surface area contributed by atoms with E-state index >= 15 is 0 Å². The van der Waals surface area contributed by atoms with E-state index in [2.05, 4.69) is 6.92 Å². The lowest BCUT2D eigenvalue weighted by molar-refractivity contribution is 0.0598. The second-order valence-corrected chi connectivity index (χ2v) is 6.37. The van der Waals surface area contributed by atoms with Crippen LogP contribution in [0, 0.1) is 0 Å². The number of phenolic OH excluding ortho intramolecular Hbond substituents is 1. The maximum Gasteiger partial charge on any atom is 0.342 e. The first-order valence-electron chi connectivity index (χ1n) is 9.17. The molecule has 3 heteroatoms. The van der Waals surface area contributed by atoms with E-state index in [1.807, 2.05) is 42.5 Å². The molecule has 0 saturated carbocycles. The minimum absolute atomic E-state index is 0.0572. The monoisotopic (exact) mass is 340 g/mol. The molecule has 0 heterocycles. The van der Waals surface area contributed by atoms with Crippen molar-refractivity contribution in [2.24, 2.45) is 0 Å². The van der Waals surface area contributed by atoms with E-state index in [0.29, 0.717) is 5.56 Å². The molecule has 0 saturated heterocycles. The van der Waals surface area contributed by atoms with Crippen LogP contribution < -0.4 is 0 Å². The Morgan fingerprint density at radius 3 is 2.32 bits per heavy atom. The van der Waals surface area contributed by atoms with Gasteiger partial charge in [0.05, 0.1) is 7.11 Å². The summed E-state index contributed by atoms with van der Waals surface area (Å²) in [6.45, 7) is 2.21. The number of benzene rings is 2. The molecule has 134 valence electrons. The lowest BCUT2D eigenvalue weighted by Gasteiger charge is -2.14. The summed E-state index contributed by atoms with van der Waals surface area (Å²) in [4.78, 5) is 12.2. The van der Waals surface area contributed by atoms with Crippen molar-refractivity contribution in [2.45, 2.75) is 51.9 Å². The van der Waals surface area contributed by atoms with Gasteiger partial charge >= 0.3 is 5.97 Å². The van der Waals surface area contributed by atoms with Crippen LogP contribution in [0.2, 0.25) is 0 Å². The molecule has 0 aliphatic carbocycles. The summed E-state index contributed by atoms with van der Waals surface area (Å²) in [5.41, 5.74) is 2.67. The van der Waals surface area contributed by atoms with Crippen LogP contribution in [0.25, 0.3) is 11.1 Å². The largest absolute Gasteiger partial charge is 0.507 e. The number of carbonyl (C=O) groups is 1. The maximum atomic E-state index is 12.2. The molecule has 0 bridgehead atoms. The fourth-order valence-electron chi connectivity index (χ4n) is 3.10. The average Bonchev–Trinajstić information content (AvgIpc) is 2.65. The van der Waals surface area contributed by atoms with Gasteiger partial charge in [0.15, 0.2) is 0 Å². The second kappa shape index (κ2) is 9.87. The Morgan fingerprint density at radius 2 is 1.64 bits per heavy atom. The number of rotatable bonds is 9. The molecule has 0 fully saturated rings. The summed E-state index contributed by atoms with van der Waals surface area (Å²) in [6, 6.07) is 13.4. The average molecular weight is 340 g/mol. The zero-order valence-electron chi connectivity index (χ0n) is 15.3. The number of hydrogen-bond donors (Lipinski definition) is 1. The Balaban J connectivity index is 2.19. The predicted molar refractivity (Wildman–Crippen MR) is 102 cm³/mol. The molecule has 25 heavy (non-hydrogen) atoms. The summed E-state index contributed by atoms with van der Waals surface area (Å²) in [5, 5.41) is 10.7. The fourth-order valence-corrected chi connectivity index (χ4v) is 3.10. The molecule has 0 aliphatic rings. The molecular weight excluding hydrogens is 312 g/mol. The Hall–Kier alpha value is -2.29. The van der Waals surface area contributed by atoms with Gasteiger partial charge in [-0.2, -0.15) is 0 Å². The quantitative estimate of drug-likeness (QED) is 0.467. The van der Waals surface area contributed by atoms with Crippen LogP contribution in [-0.2, 0) is 11.2 Å². The smallest absolute Gasteiger partial charge is 0.342 e. The van der Waals surface area contributed by atoms with Crippen molar-refractivity contribution in [2.75, 3.05) is 7.11 Å². The second-order valence-electron chi connectivity index (χ2n) is 6.37. The molecule has 0 spiro atoms. The van der Waals surface area contributed by atoms with E-state index in [1.54, 1.807) is 0 Å². The number of aromatic hydroxyl groups is 1. The number of carbonyl (C=O) groups excluding carboxylic acids is 1. The molecule has 0 unspecified atom stereocenters. The van der Waals surface area contributed by atoms with Crippen LogP contribution in [0.4, 0.5) is 0 Å². The number of esters is 1. The lowest BCUT2D eigenvalue weighted by Crippen LogP contribution is -2.06. The van der Waals surface area contributed by atoms with Crippen LogP contribution in [0.5, 0.6) is 5.75 Å². The number of methoxy groups -OCH3 is 1. The maximum absolute atomic E-state index is 12.2. The minimum atomic E-state index is -0.499. The van der Waals surface area contributed by atoms with Gasteiger partial charge in [-0.25, -0.2) is 4.79 Å². The number of phenols is 1. The van der Waals surface area contributed by atoms with Gasteiger partial charge in [0, 0.05) is 0 Å². The number of aryl methyl sites for hydroxylation is 1. The molecule has 2 rings (SSSR count). The molecule has 1 N–H and O–H groups in total. The van der Waals surface area contributed by atoms with Crippen molar-refractivity contribution in [3.05, 3.63) is 53.6 Å². The van der Waals surface area contributed by atoms with Gasteiger partial charge in [-0.3, -0.25) is 0 Å². The van der Waals surface area contributed by atoms with Crippen LogP contribution in [0.3, 0.4) is 0 Å². The Morgan fingerprint density at radius 1 is 0.960 bits per heavy atom. The minimum Gasteiger partial charge on any atom is -0.507 e. The van der Waals surface area contributed by atoms with E-state index in [9.17, 15) is 9.90 Å². The van der Waals surface area contributed by atoms with E-state index in [-0.39, 0.29) is 11.3 Å². The summed E-state index contributed by atoms with van der Waals surface area (Å²) in [7, 11) is 1.34. The summed E-state index contributed by atoms with van der Waals surface area (Å²) in [6.07, 6.45) is 7.95. The van der Waals surface area contributed by atoms with Crippen molar-refractivity contribution in [1.29, 1.82) is 0 Å². The molecular formula is C22H28O3. The Labute approximate surface area is 150 Å². The van der Waals surface area contributed by atoms with Gasteiger partial charge in [0.25, 0.3) is 0 Å². The predicted octanol–water partition coefficient (Wildman–Crippen LogP) is 5.75. The third kappa shape index (κ3) is 5.09. The standard InChI is InChI=1S/C22H28O3/c1-3-4-5-6-7-9-14-18-15-16-19(17-12-10-8-11-13-17)20(21(18)23)22(24)25-2/h8,10-13,15-16,23H,3-7,9,14H2,1-2H3. The summed E-state index contributed by atoms with van der Waals surface area (Å²) < 4.78 is 4.91. The molecule has 0 atom stereocenters. The van der Waals surface area contributed by atoms with Crippen molar-refractivity contribution >= 4 is 5.97 Å². The Bertz CT molecular complexity index is 677. The van der Waals surface area contributed by atoms with Crippen molar-refractivity contribution in [3.63, 3.8) is 0 Å². The fraction of sp³-hybridized carbons (Fsp3) is 0.409. The van der Waals surface area contributed by atoms with Crippen LogP contribution in [0.15, 0.2) is 42.5 Å². The van der Waals surface area contributed by atoms with E-state index in [1.165, 1.54) is 32.8 Å². The first-order valence-corrected chi connectivity index (χ1v) is 9.17. The molecule has 0 amide bonds. The van der Waals surface area contributed by atoms with Gasteiger partial charge in [-0.1, -0.05) is 81.5 Å². The SMILES string of the molecule is CCCCCCCCc1ccc(-c2ccccc2)c(C(=O)OC)c1O.